The molecule has 0 unspecified atom stereocenters. The number of rotatable bonds is 6. The Morgan fingerprint density at radius 2 is 2.20 bits per heavy atom. The monoisotopic (exact) mass is 301 g/mol. The van der Waals surface area contributed by atoms with Gasteiger partial charge in [-0.2, -0.15) is 0 Å². The number of hydrogen-bond acceptors (Lipinski definition) is 5. The lowest BCUT2D eigenvalue weighted by atomic mass is 10.2. The first-order valence-corrected chi connectivity index (χ1v) is 6.06. The van der Waals surface area contributed by atoms with Gasteiger partial charge in [0, 0.05) is 12.7 Å². The van der Waals surface area contributed by atoms with Gasteiger partial charge in [-0.1, -0.05) is 18.5 Å². The van der Waals surface area contributed by atoms with Crippen LogP contribution in [0.5, 0.6) is 0 Å². The molecule has 1 rings (SSSR count). The molecule has 108 valence electrons. The van der Waals surface area contributed by atoms with Crippen LogP contribution in [0.2, 0.25) is 5.15 Å². The highest BCUT2D eigenvalue weighted by molar-refractivity contribution is 6.32. The van der Waals surface area contributed by atoms with Gasteiger partial charge in [-0.25, -0.2) is 4.98 Å². The Hall–Kier alpha value is -2.22. The summed E-state index contributed by atoms with van der Waals surface area (Å²) in [6.45, 7) is 1.39. The molecule has 20 heavy (non-hydrogen) atoms. The Morgan fingerprint density at radius 1 is 1.55 bits per heavy atom. The van der Waals surface area contributed by atoms with E-state index in [9.17, 15) is 19.7 Å². The van der Waals surface area contributed by atoms with E-state index >= 15 is 0 Å². The minimum atomic E-state index is -1.20. The molecule has 8 nitrogen and oxygen atoms in total. The Labute approximate surface area is 119 Å². The van der Waals surface area contributed by atoms with E-state index in [0.717, 1.165) is 17.2 Å². The zero-order chi connectivity index (χ0) is 15.3. The molecular formula is C11H12ClN3O5. The zero-order valence-corrected chi connectivity index (χ0v) is 11.3. The van der Waals surface area contributed by atoms with Gasteiger partial charge in [-0.3, -0.25) is 19.7 Å². The van der Waals surface area contributed by atoms with Crippen LogP contribution in [0.1, 0.15) is 23.7 Å². The Balaban J connectivity index is 3.21. The molecule has 0 atom stereocenters. The van der Waals surface area contributed by atoms with E-state index in [1.807, 2.05) is 0 Å². The second-order valence-electron chi connectivity index (χ2n) is 3.88. The van der Waals surface area contributed by atoms with E-state index in [1.165, 1.54) is 0 Å². The molecule has 0 radical (unpaired) electrons. The second-order valence-corrected chi connectivity index (χ2v) is 4.23. The van der Waals surface area contributed by atoms with Crippen LogP contribution in [0, 0.1) is 10.1 Å². The van der Waals surface area contributed by atoms with E-state index < -0.39 is 34.2 Å². The van der Waals surface area contributed by atoms with Crippen molar-refractivity contribution in [3.8, 4) is 0 Å². The molecule has 1 heterocycles. The van der Waals surface area contributed by atoms with Crippen molar-refractivity contribution in [1.29, 1.82) is 0 Å². The Kier molecular flexibility index (Phi) is 5.39. The van der Waals surface area contributed by atoms with Crippen molar-refractivity contribution in [2.75, 3.05) is 13.1 Å². The summed E-state index contributed by atoms with van der Waals surface area (Å²) in [5, 5.41) is 19.3. The lowest BCUT2D eigenvalue weighted by Crippen LogP contribution is -2.36. The number of pyridine rings is 1. The molecule has 0 bridgehead atoms. The summed E-state index contributed by atoms with van der Waals surface area (Å²) < 4.78 is 0. The summed E-state index contributed by atoms with van der Waals surface area (Å²) in [5.41, 5.74) is -0.893. The smallest absolute Gasteiger partial charge is 0.323 e. The van der Waals surface area contributed by atoms with Crippen molar-refractivity contribution in [3.63, 3.8) is 0 Å². The zero-order valence-electron chi connectivity index (χ0n) is 10.6. The number of nitrogens with zero attached hydrogens (tertiary/aromatic N) is 3. The molecule has 0 aromatic carbocycles. The number of nitro groups is 1. The SMILES string of the molecule is CCCN(CC(=O)O)C(=O)c1ccnc(Cl)c1[N+](=O)[O-]. The summed E-state index contributed by atoms with van der Waals surface area (Å²) in [5.74, 6) is -1.96. The first kappa shape index (κ1) is 15.8. The number of amides is 1. The Morgan fingerprint density at radius 3 is 2.70 bits per heavy atom. The molecule has 1 aromatic rings. The van der Waals surface area contributed by atoms with Crippen molar-refractivity contribution in [2.24, 2.45) is 0 Å². The number of hydrogen-bond donors (Lipinski definition) is 1. The molecule has 0 spiro atoms. The standard InChI is InChI=1S/C11H12ClN3O5/c1-2-5-14(6-8(16)17)11(18)7-3-4-13-10(12)9(7)15(19)20/h3-4H,2,5-6H2,1H3,(H,16,17). The van der Waals surface area contributed by atoms with Crippen molar-refractivity contribution < 1.29 is 19.6 Å². The van der Waals surface area contributed by atoms with Gasteiger partial charge in [0.1, 0.15) is 12.1 Å². The summed E-state index contributed by atoms with van der Waals surface area (Å²) in [6.07, 6.45) is 1.68. The van der Waals surface area contributed by atoms with Crippen LogP contribution in [0.4, 0.5) is 5.69 Å². The van der Waals surface area contributed by atoms with Crippen molar-refractivity contribution in [3.05, 3.63) is 33.1 Å². The van der Waals surface area contributed by atoms with Crippen LogP contribution in [0.15, 0.2) is 12.3 Å². The fourth-order valence-corrected chi connectivity index (χ4v) is 1.86. The highest BCUT2D eigenvalue weighted by Crippen LogP contribution is 2.27. The largest absolute Gasteiger partial charge is 0.480 e. The number of aliphatic carboxylic acids is 1. The van der Waals surface area contributed by atoms with E-state index in [1.54, 1.807) is 6.92 Å². The molecule has 9 heteroatoms. The quantitative estimate of drug-likeness (QED) is 0.485. The van der Waals surface area contributed by atoms with E-state index in [-0.39, 0.29) is 12.1 Å². The van der Waals surface area contributed by atoms with Gasteiger partial charge in [0.25, 0.3) is 5.91 Å². The topological polar surface area (TPSA) is 114 Å². The third-order valence-electron chi connectivity index (χ3n) is 2.40. The average molecular weight is 302 g/mol. The number of aromatic nitrogens is 1. The number of halogens is 1. The fraction of sp³-hybridized carbons (Fsp3) is 0.364. The normalized spacial score (nSPS) is 10.1. The van der Waals surface area contributed by atoms with Gasteiger partial charge < -0.3 is 10.0 Å². The van der Waals surface area contributed by atoms with Crippen molar-refractivity contribution >= 4 is 29.2 Å². The summed E-state index contributed by atoms with van der Waals surface area (Å²) in [7, 11) is 0. The van der Waals surface area contributed by atoms with Crippen LogP contribution in [-0.4, -0.2) is 44.9 Å². The lowest BCUT2D eigenvalue weighted by molar-refractivity contribution is -0.385. The molecule has 0 aliphatic rings. The summed E-state index contributed by atoms with van der Waals surface area (Å²) in [6, 6.07) is 1.15. The molecule has 0 fully saturated rings. The van der Waals surface area contributed by atoms with Crippen LogP contribution in [0.3, 0.4) is 0 Å². The number of carboxylic acid groups (broad SMARTS) is 1. The molecule has 0 saturated carbocycles. The first-order chi connectivity index (χ1) is 9.38. The van der Waals surface area contributed by atoms with Crippen LogP contribution >= 0.6 is 11.6 Å². The predicted octanol–water partition coefficient (Wildman–Crippen LogP) is 1.58. The third-order valence-corrected chi connectivity index (χ3v) is 2.68. The minimum absolute atomic E-state index is 0.169. The van der Waals surface area contributed by atoms with Gasteiger partial charge in [0.05, 0.1) is 4.92 Å². The number of carbonyl (C=O) groups is 2. The maximum Gasteiger partial charge on any atom is 0.323 e. The number of carboxylic acids is 1. The molecule has 1 amide bonds. The van der Waals surface area contributed by atoms with Gasteiger partial charge in [0.2, 0.25) is 5.15 Å². The van der Waals surface area contributed by atoms with Crippen LogP contribution < -0.4 is 0 Å². The second kappa shape index (κ2) is 6.80. The van der Waals surface area contributed by atoms with Gasteiger partial charge >= 0.3 is 11.7 Å². The lowest BCUT2D eigenvalue weighted by Gasteiger charge is -2.19. The van der Waals surface area contributed by atoms with Crippen LogP contribution in [0.25, 0.3) is 0 Å². The third kappa shape index (κ3) is 3.64. The summed E-state index contributed by atoms with van der Waals surface area (Å²) >= 11 is 5.62. The maximum absolute atomic E-state index is 12.2. The molecule has 1 N–H and O–H groups in total. The first-order valence-electron chi connectivity index (χ1n) is 5.68. The van der Waals surface area contributed by atoms with E-state index in [2.05, 4.69) is 4.98 Å². The minimum Gasteiger partial charge on any atom is -0.480 e. The Bertz CT molecular complexity index is 549. The van der Waals surface area contributed by atoms with Gasteiger partial charge in [-0.05, 0) is 12.5 Å². The van der Waals surface area contributed by atoms with E-state index in [4.69, 9.17) is 16.7 Å². The molecule has 0 aliphatic carbocycles. The van der Waals surface area contributed by atoms with Crippen molar-refractivity contribution in [2.45, 2.75) is 13.3 Å². The molecule has 0 saturated heterocycles. The maximum atomic E-state index is 12.2. The highest BCUT2D eigenvalue weighted by atomic mass is 35.5. The molecular weight excluding hydrogens is 290 g/mol. The summed E-state index contributed by atoms with van der Waals surface area (Å²) in [4.78, 5) is 37.7. The fourth-order valence-electron chi connectivity index (χ4n) is 1.63. The predicted molar refractivity (Wildman–Crippen MR) is 69.7 cm³/mol. The van der Waals surface area contributed by atoms with Crippen molar-refractivity contribution in [1.82, 2.24) is 9.88 Å². The van der Waals surface area contributed by atoms with Gasteiger partial charge in [0.15, 0.2) is 0 Å². The van der Waals surface area contributed by atoms with Crippen LogP contribution in [-0.2, 0) is 4.79 Å². The number of carbonyl (C=O) groups excluding carboxylic acids is 1. The van der Waals surface area contributed by atoms with Gasteiger partial charge in [-0.15, -0.1) is 0 Å². The highest BCUT2D eigenvalue weighted by Gasteiger charge is 2.28. The molecule has 1 aromatic heterocycles. The van der Waals surface area contributed by atoms with E-state index in [0.29, 0.717) is 6.42 Å². The molecule has 0 aliphatic heterocycles. The average Bonchev–Trinajstić information content (AvgIpc) is 2.36.